The Bertz CT molecular complexity index is 969. The molecule has 1 N–H and O–H groups in total. The lowest BCUT2D eigenvalue weighted by molar-refractivity contribution is -0.384. The van der Waals surface area contributed by atoms with Gasteiger partial charge < -0.3 is 5.32 Å². The molecule has 0 aliphatic heterocycles. The predicted octanol–water partition coefficient (Wildman–Crippen LogP) is 3.18. The molecule has 2 aromatic rings. The van der Waals surface area contributed by atoms with Gasteiger partial charge in [-0.3, -0.25) is 14.9 Å². The molecule has 2 aromatic carbocycles. The molecule has 2 rings (SSSR count). The number of hydrogen-bond donors (Lipinski definition) is 1. The summed E-state index contributed by atoms with van der Waals surface area (Å²) in [5, 5.41) is 13.4. The number of benzene rings is 2. The molecule has 0 saturated heterocycles. The first-order valence-corrected chi connectivity index (χ1v) is 9.62. The van der Waals surface area contributed by atoms with Crippen molar-refractivity contribution in [3.8, 4) is 0 Å². The van der Waals surface area contributed by atoms with Crippen molar-refractivity contribution in [2.75, 3.05) is 12.4 Å². The summed E-state index contributed by atoms with van der Waals surface area (Å²) in [7, 11) is -2.09. The molecule has 0 radical (unpaired) electrons. The van der Waals surface area contributed by atoms with Gasteiger partial charge >= 0.3 is 0 Å². The molecule has 0 heterocycles. The summed E-state index contributed by atoms with van der Waals surface area (Å²) in [5.74, 6) is -0.433. The molecule has 0 atom stereocenters. The number of hydrogen-bond acceptors (Lipinski definition) is 5. The molecular formula is C18H21N3O5S. The molecule has 144 valence electrons. The van der Waals surface area contributed by atoms with Gasteiger partial charge in [0.15, 0.2) is 0 Å². The average Bonchev–Trinajstić information content (AvgIpc) is 2.61. The van der Waals surface area contributed by atoms with Crippen LogP contribution in [-0.4, -0.2) is 36.6 Å². The SMILES string of the molecule is Cc1cc([N+](=O)[O-])ccc1C(=O)Nc1ccc(S(=O)(=O)N(C)C(C)C)cc1. The lowest BCUT2D eigenvalue weighted by Crippen LogP contribution is -2.33. The molecule has 0 aliphatic rings. The van der Waals surface area contributed by atoms with Crippen LogP contribution >= 0.6 is 0 Å². The van der Waals surface area contributed by atoms with Crippen molar-refractivity contribution in [2.24, 2.45) is 0 Å². The smallest absolute Gasteiger partial charge is 0.269 e. The lowest BCUT2D eigenvalue weighted by Gasteiger charge is -2.21. The third kappa shape index (κ3) is 4.50. The number of nitro benzene ring substituents is 1. The highest BCUT2D eigenvalue weighted by Crippen LogP contribution is 2.21. The Balaban J connectivity index is 2.20. The number of rotatable bonds is 6. The van der Waals surface area contributed by atoms with Crippen LogP contribution < -0.4 is 5.32 Å². The number of non-ortho nitro benzene ring substituents is 1. The van der Waals surface area contributed by atoms with E-state index in [2.05, 4.69) is 5.32 Å². The number of carbonyl (C=O) groups is 1. The van der Waals surface area contributed by atoms with E-state index in [0.29, 0.717) is 16.8 Å². The number of anilines is 1. The van der Waals surface area contributed by atoms with Crippen LogP contribution in [0.4, 0.5) is 11.4 Å². The molecule has 1 amide bonds. The molecule has 0 unspecified atom stereocenters. The van der Waals surface area contributed by atoms with E-state index in [9.17, 15) is 23.3 Å². The maximum atomic E-state index is 12.4. The zero-order valence-electron chi connectivity index (χ0n) is 15.5. The number of sulfonamides is 1. The number of nitrogens with zero attached hydrogens (tertiary/aromatic N) is 2. The number of aryl methyl sites for hydroxylation is 1. The van der Waals surface area contributed by atoms with E-state index in [1.54, 1.807) is 20.8 Å². The number of amides is 1. The van der Waals surface area contributed by atoms with Crippen molar-refractivity contribution in [2.45, 2.75) is 31.7 Å². The van der Waals surface area contributed by atoms with Gasteiger partial charge in [0.2, 0.25) is 10.0 Å². The quantitative estimate of drug-likeness (QED) is 0.601. The minimum atomic E-state index is -3.60. The summed E-state index contributed by atoms with van der Waals surface area (Å²) in [6.45, 7) is 5.16. The van der Waals surface area contributed by atoms with Crippen molar-refractivity contribution >= 4 is 27.3 Å². The molecule has 0 bridgehead atoms. The van der Waals surface area contributed by atoms with Gasteiger partial charge in [0, 0.05) is 36.5 Å². The van der Waals surface area contributed by atoms with Crippen LogP contribution in [-0.2, 0) is 10.0 Å². The Labute approximate surface area is 158 Å². The van der Waals surface area contributed by atoms with Crippen LogP contribution in [0.2, 0.25) is 0 Å². The predicted molar refractivity (Wildman–Crippen MR) is 102 cm³/mol. The highest BCUT2D eigenvalue weighted by molar-refractivity contribution is 7.89. The summed E-state index contributed by atoms with van der Waals surface area (Å²) >= 11 is 0. The van der Waals surface area contributed by atoms with E-state index >= 15 is 0 Å². The van der Waals surface area contributed by atoms with Crippen LogP contribution in [0.15, 0.2) is 47.4 Å². The largest absolute Gasteiger partial charge is 0.322 e. The van der Waals surface area contributed by atoms with Crippen molar-refractivity contribution < 1.29 is 18.1 Å². The summed E-state index contributed by atoms with van der Waals surface area (Å²) in [6, 6.07) is 9.64. The zero-order chi connectivity index (χ0) is 20.4. The van der Waals surface area contributed by atoms with Crippen LogP contribution in [0.5, 0.6) is 0 Å². The van der Waals surface area contributed by atoms with Crippen molar-refractivity contribution in [1.29, 1.82) is 0 Å². The van der Waals surface area contributed by atoms with Gasteiger partial charge in [-0.2, -0.15) is 4.31 Å². The maximum Gasteiger partial charge on any atom is 0.269 e. The first-order chi connectivity index (χ1) is 12.5. The van der Waals surface area contributed by atoms with Crippen molar-refractivity contribution in [1.82, 2.24) is 4.31 Å². The summed E-state index contributed by atoms with van der Waals surface area (Å²) in [5.41, 5.74) is 1.10. The Hall–Kier alpha value is -2.78. The third-order valence-corrected chi connectivity index (χ3v) is 6.23. The fraction of sp³-hybridized carbons (Fsp3) is 0.278. The van der Waals surface area contributed by atoms with Crippen LogP contribution in [0, 0.1) is 17.0 Å². The monoisotopic (exact) mass is 391 g/mol. The fourth-order valence-electron chi connectivity index (χ4n) is 2.37. The van der Waals surface area contributed by atoms with E-state index in [0.717, 1.165) is 0 Å². The lowest BCUT2D eigenvalue weighted by atomic mass is 10.1. The van der Waals surface area contributed by atoms with E-state index in [1.165, 1.54) is 53.8 Å². The number of carbonyl (C=O) groups excluding carboxylic acids is 1. The summed E-state index contributed by atoms with van der Waals surface area (Å²) in [6.07, 6.45) is 0. The maximum absolute atomic E-state index is 12.4. The topological polar surface area (TPSA) is 110 Å². The molecule has 27 heavy (non-hydrogen) atoms. The number of nitro groups is 1. The molecule has 0 aliphatic carbocycles. The molecule has 0 aromatic heterocycles. The molecule has 0 saturated carbocycles. The van der Waals surface area contributed by atoms with Gasteiger partial charge in [0.25, 0.3) is 11.6 Å². The first-order valence-electron chi connectivity index (χ1n) is 8.18. The Morgan fingerprint density at radius 1 is 1.15 bits per heavy atom. The van der Waals surface area contributed by atoms with E-state index in [4.69, 9.17) is 0 Å². The second kappa shape index (κ2) is 7.85. The standard InChI is InChI=1S/C18H21N3O5S/c1-12(2)20(4)27(25,26)16-8-5-14(6-9-16)19-18(22)17-10-7-15(21(23)24)11-13(17)3/h5-12H,1-4H3,(H,19,22). The Morgan fingerprint density at radius 3 is 2.22 bits per heavy atom. The summed E-state index contributed by atoms with van der Waals surface area (Å²) in [4.78, 5) is 22.8. The van der Waals surface area contributed by atoms with Crippen molar-refractivity contribution in [3.05, 3.63) is 63.7 Å². The molecule has 0 spiro atoms. The van der Waals surface area contributed by atoms with Gasteiger partial charge in [-0.05, 0) is 56.7 Å². The Kier molecular flexibility index (Phi) is 5.97. The van der Waals surface area contributed by atoms with Crippen LogP contribution in [0.1, 0.15) is 29.8 Å². The van der Waals surface area contributed by atoms with Gasteiger partial charge in [-0.15, -0.1) is 0 Å². The third-order valence-electron chi connectivity index (χ3n) is 4.18. The Morgan fingerprint density at radius 2 is 1.74 bits per heavy atom. The summed E-state index contributed by atoms with van der Waals surface area (Å²) < 4.78 is 26.2. The highest BCUT2D eigenvalue weighted by atomic mass is 32.2. The minimum Gasteiger partial charge on any atom is -0.322 e. The van der Waals surface area contributed by atoms with Gasteiger partial charge in [0.05, 0.1) is 9.82 Å². The normalized spacial score (nSPS) is 11.6. The van der Waals surface area contributed by atoms with Gasteiger partial charge in [0.1, 0.15) is 0 Å². The van der Waals surface area contributed by atoms with E-state index < -0.39 is 20.9 Å². The second-order valence-corrected chi connectivity index (χ2v) is 8.35. The molecule has 0 fully saturated rings. The molecule has 8 nitrogen and oxygen atoms in total. The minimum absolute atomic E-state index is 0.0899. The molecular weight excluding hydrogens is 370 g/mol. The number of nitrogens with one attached hydrogen (secondary N) is 1. The highest BCUT2D eigenvalue weighted by Gasteiger charge is 2.23. The average molecular weight is 391 g/mol. The fourth-order valence-corrected chi connectivity index (χ4v) is 3.74. The van der Waals surface area contributed by atoms with Crippen LogP contribution in [0.25, 0.3) is 0 Å². The van der Waals surface area contributed by atoms with Gasteiger partial charge in [-0.25, -0.2) is 8.42 Å². The van der Waals surface area contributed by atoms with Gasteiger partial charge in [-0.1, -0.05) is 0 Å². The van der Waals surface area contributed by atoms with Crippen molar-refractivity contribution in [3.63, 3.8) is 0 Å². The van der Waals surface area contributed by atoms with Crippen LogP contribution in [0.3, 0.4) is 0 Å². The van der Waals surface area contributed by atoms with E-state index in [1.807, 2.05) is 0 Å². The first kappa shape index (κ1) is 20.5. The van der Waals surface area contributed by atoms with E-state index in [-0.39, 0.29) is 16.6 Å². The zero-order valence-corrected chi connectivity index (χ0v) is 16.3. The molecule has 9 heteroatoms. The second-order valence-electron chi connectivity index (χ2n) is 6.35.